The fourth-order valence-electron chi connectivity index (χ4n) is 2.87. The summed E-state index contributed by atoms with van der Waals surface area (Å²) in [4.78, 5) is 12.6. The zero-order chi connectivity index (χ0) is 21.0. The van der Waals surface area contributed by atoms with Crippen molar-refractivity contribution in [2.24, 2.45) is 5.41 Å². The van der Waals surface area contributed by atoms with Crippen molar-refractivity contribution in [1.82, 2.24) is 0 Å². The smallest absolute Gasteiger partial charge is 0.416 e. The van der Waals surface area contributed by atoms with Gasteiger partial charge in [0.05, 0.1) is 16.7 Å². The Balaban J connectivity index is 1.65. The molecular weight excluding hydrogens is 434 g/mol. The Kier molecular flexibility index (Phi) is 4.55. The van der Waals surface area contributed by atoms with Gasteiger partial charge < -0.3 is 19.5 Å². The molecule has 0 saturated heterocycles. The molecule has 1 fully saturated rings. The van der Waals surface area contributed by atoms with Gasteiger partial charge in [0.1, 0.15) is 10.1 Å². The highest BCUT2D eigenvalue weighted by molar-refractivity contribution is 6.53. The van der Waals surface area contributed by atoms with Gasteiger partial charge in [-0.25, -0.2) is 0 Å². The molecule has 2 aliphatic rings. The number of fused-ring (bicyclic) bond motifs is 1. The zero-order valence-corrected chi connectivity index (χ0v) is 16.4. The van der Waals surface area contributed by atoms with E-state index < -0.39 is 27.4 Å². The molecule has 2 aromatic rings. The van der Waals surface area contributed by atoms with Crippen LogP contribution in [0.15, 0.2) is 36.4 Å². The molecule has 10 heteroatoms. The molecule has 1 saturated carbocycles. The van der Waals surface area contributed by atoms with E-state index in [9.17, 15) is 18.0 Å². The van der Waals surface area contributed by atoms with Crippen molar-refractivity contribution in [1.29, 1.82) is 0 Å². The Morgan fingerprint density at radius 1 is 1.14 bits per heavy atom. The number of alkyl halides is 5. The summed E-state index contributed by atoms with van der Waals surface area (Å²) < 4.78 is 54.4. The van der Waals surface area contributed by atoms with Gasteiger partial charge in [-0.3, -0.25) is 4.79 Å². The number of hydrogen-bond acceptors (Lipinski definition) is 4. The molecule has 1 heterocycles. The Morgan fingerprint density at radius 2 is 1.83 bits per heavy atom. The molecule has 2 aromatic carbocycles. The molecule has 5 nitrogen and oxygen atoms in total. The summed E-state index contributed by atoms with van der Waals surface area (Å²) >= 11 is 12.0. The Bertz CT molecular complexity index is 996. The van der Waals surface area contributed by atoms with Crippen LogP contribution in [0.3, 0.4) is 0 Å². The maximum Gasteiger partial charge on any atom is 0.416 e. The Morgan fingerprint density at radius 3 is 2.48 bits per heavy atom. The summed E-state index contributed by atoms with van der Waals surface area (Å²) in [5.74, 6) is 0.688. The molecule has 0 radical (unpaired) electrons. The van der Waals surface area contributed by atoms with Gasteiger partial charge in [-0.1, -0.05) is 0 Å². The molecule has 1 amide bonds. The minimum Gasteiger partial charge on any atom is -0.455 e. The fraction of sp³-hybridized carbons (Fsp3) is 0.316. The molecule has 1 aliphatic heterocycles. The van der Waals surface area contributed by atoms with Crippen LogP contribution in [-0.4, -0.2) is 17.0 Å². The van der Waals surface area contributed by atoms with Crippen molar-refractivity contribution < 1.29 is 32.2 Å². The van der Waals surface area contributed by atoms with Crippen LogP contribution in [0.25, 0.3) is 0 Å². The molecule has 0 bridgehead atoms. The van der Waals surface area contributed by atoms with Gasteiger partial charge in [0.2, 0.25) is 12.7 Å². The fourth-order valence-corrected chi connectivity index (χ4v) is 3.57. The molecule has 0 aromatic heterocycles. The highest BCUT2D eigenvalue weighted by Gasteiger charge is 2.68. The third-order valence-corrected chi connectivity index (χ3v) is 5.99. The lowest BCUT2D eigenvalue weighted by molar-refractivity contribution is -0.137. The molecule has 29 heavy (non-hydrogen) atoms. The quantitative estimate of drug-likeness (QED) is 0.606. The second-order valence-corrected chi connectivity index (χ2v) is 8.48. The van der Waals surface area contributed by atoms with Gasteiger partial charge in [0, 0.05) is 6.07 Å². The minimum atomic E-state index is -4.59. The molecule has 0 unspecified atom stereocenters. The highest BCUT2D eigenvalue weighted by atomic mass is 35.5. The van der Waals surface area contributed by atoms with Gasteiger partial charge >= 0.3 is 6.18 Å². The number of hydrogen-bond donors (Lipinski definition) is 1. The largest absolute Gasteiger partial charge is 0.455 e. The SMILES string of the molecule is C[C@@]1(C(=O)Nc2cc(C(F)(F)F)ccc2Oc2ccc3c(c2)OCO3)CC1(Cl)Cl. The van der Waals surface area contributed by atoms with Crippen LogP contribution in [0.2, 0.25) is 0 Å². The van der Waals surface area contributed by atoms with Crippen LogP contribution in [0.1, 0.15) is 18.9 Å². The van der Waals surface area contributed by atoms with Crippen LogP contribution in [-0.2, 0) is 11.0 Å². The average molecular weight is 448 g/mol. The van der Waals surface area contributed by atoms with Crippen molar-refractivity contribution in [3.8, 4) is 23.0 Å². The summed E-state index contributed by atoms with van der Waals surface area (Å²) in [6.45, 7) is 1.60. The van der Waals surface area contributed by atoms with Gasteiger partial charge in [-0.05, 0) is 43.7 Å². The molecule has 1 atom stereocenters. The number of amides is 1. The van der Waals surface area contributed by atoms with Crippen molar-refractivity contribution in [3.63, 3.8) is 0 Å². The molecular formula is C19H14Cl2F3NO4. The number of carbonyl (C=O) groups is 1. The van der Waals surface area contributed by atoms with E-state index in [1.165, 1.54) is 13.0 Å². The van der Waals surface area contributed by atoms with Gasteiger partial charge in [0.25, 0.3) is 0 Å². The molecule has 1 N–H and O–H groups in total. The molecule has 0 spiro atoms. The highest BCUT2D eigenvalue weighted by Crippen LogP contribution is 2.64. The first-order valence-electron chi connectivity index (χ1n) is 8.48. The van der Waals surface area contributed by atoms with E-state index >= 15 is 0 Å². The summed E-state index contributed by atoms with van der Waals surface area (Å²) in [7, 11) is 0. The van der Waals surface area contributed by atoms with Crippen LogP contribution in [0.4, 0.5) is 18.9 Å². The van der Waals surface area contributed by atoms with E-state index in [1.54, 1.807) is 12.1 Å². The number of carbonyl (C=O) groups excluding carboxylic acids is 1. The monoisotopic (exact) mass is 447 g/mol. The van der Waals surface area contributed by atoms with Gasteiger partial charge in [-0.15, -0.1) is 23.2 Å². The first-order chi connectivity index (χ1) is 13.5. The molecule has 4 rings (SSSR count). The van der Waals surface area contributed by atoms with Crippen LogP contribution < -0.4 is 19.5 Å². The second-order valence-electron chi connectivity index (χ2n) is 6.99. The maximum absolute atomic E-state index is 13.2. The number of nitrogens with one attached hydrogen (secondary N) is 1. The number of benzene rings is 2. The lowest BCUT2D eigenvalue weighted by Crippen LogP contribution is -2.26. The first-order valence-corrected chi connectivity index (χ1v) is 9.23. The molecule has 154 valence electrons. The lowest BCUT2D eigenvalue weighted by Gasteiger charge is -2.18. The maximum atomic E-state index is 13.2. The van der Waals surface area contributed by atoms with Crippen LogP contribution in [0, 0.1) is 5.41 Å². The predicted molar refractivity (Wildman–Crippen MR) is 99.9 cm³/mol. The standard InChI is InChI=1S/C19H14Cl2F3NO4/c1-17(8-18(17,20)21)16(26)25-12-6-10(19(22,23)24)2-4-13(12)29-11-3-5-14-15(7-11)28-9-27-14/h2-7H,8-9H2,1H3,(H,25,26)/t17-/m0/s1. The lowest BCUT2D eigenvalue weighted by atomic mass is 10.1. The van der Waals surface area contributed by atoms with E-state index in [-0.39, 0.29) is 24.7 Å². The summed E-state index contributed by atoms with van der Waals surface area (Å²) in [5.41, 5.74) is -2.20. The van der Waals surface area contributed by atoms with E-state index in [4.69, 9.17) is 37.4 Å². The zero-order valence-electron chi connectivity index (χ0n) is 14.9. The van der Waals surface area contributed by atoms with E-state index in [2.05, 4.69) is 5.32 Å². The Labute approximate surface area is 173 Å². The van der Waals surface area contributed by atoms with Crippen molar-refractivity contribution in [3.05, 3.63) is 42.0 Å². The number of rotatable bonds is 4. The van der Waals surface area contributed by atoms with E-state index in [1.807, 2.05) is 0 Å². The molecule has 1 aliphatic carbocycles. The normalized spacial score (nSPS) is 21.6. The number of anilines is 1. The predicted octanol–water partition coefficient (Wildman–Crippen LogP) is 5.75. The van der Waals surface area contributed by atoms with Crippen molar-refractivity contribution >= 4 is 34.8 Å². The van der Waals surface area contributed by atoms with Gasteiger partial charge in [-0.2, -0.15) is 13.2 Å². The summed E-state index contributed by atoms with van der Waals surface area (Å²) in [5, 5.41) is 2.46. The third kappa shape index (κ3) is 3.67. The summed E-state index contributed by atoms with van der Waals surface area (Å²) in [6.07, 6.45) is -4.41. The number of halogens is 5. The minimum absolute atomic E-state index is 0.0178. The summed E-state index contributed by atoms with van der Waals surface area (Å²) in [6, 6.07) is 7.52. The third-order valence-electron chi connectivity index (χ3n) is 4.89. The van der Waals surface area contributed by atoms with Crippen molar-refractivity contribution in [2.45, 2.75) is 23.9 Å². The van der Waals surface area contributed by atoms with E-state index in [0.29, 0.717) is 17.2 Å². The van der Waals surface area contributed by atoms with Crippen LogP contribution >= 0.6 is 23.2 Å². The topological polar surface area (TPSA) is 56.8 Å². The first kappa shape index (κ1) is 20.0. The average Bonchev–Trinajstić information content (AvgIpc) is 2.96. The van der Waals surface area contributed by atoms with E-state index in [0.717, 1.165) is 18.2 Å². The van der Waals surface area contributed by atoms with Crippen molar-refractivity contribution in [2.75, 3.05) is 12.1 Å². The number of ether oxygens (including phenoxy) is 3. The Hall–Kier alpha value is -2.32. The van der Waals surface area contributed by atoms with Gasteiger partial charge in [0.15, 0.2) is 17.2 Å². The second kappa shape index (κ2) is 6.60. The van der Waals surface area contributed by atoms with Crippen LogP contribution in [0.5, 0.6) is 23.0 Å².